The highest BCUT2D eigenvalue weighted by molar-refractivity contribution is 5.39. The van der Waals surface area contributed by atoms with E-state index in [9.17, 15) is 10.1 Å². The number of H-pyrrole nitrogens is 1. The first-order chi connectivity index (χ1) is 8.27. The molecule has 88 valence electrons. The largest absolute Gasteiger partial charge is 0.349 e. The Bertz CT molecular complexity index is 494. The SMILES string of the molecule is O=[N+]([O-])c1ccccc1CCCc1ncc[nH]1. The molecular weight excluding hydrogens is 218 g/mol. The minimum atomic E-state index is -0.331. The van der Waals surface area contributed by atoms with E-state index in [1.54, 1.807) is 30.6 Å². The van der Waals surface area contributed by atoms with E-state index < -0.39 is 0 Å². The topological polar surface area (TPSA) is 71.8 Å². The van der Waals surface area contributed by atoms with Gasteiger partial charge in [0.05, 0.1) is 4.92 Å². The summed E-state index contributed by atoms with van der Waals surface area (Å²) in [4.78, 5) is 17.6. The van der Waals surface area contributed by atoms with Crippen molar-refractivity contribution in [3.63, 3.8) is 0 Å². The fraction of sp³-hybridized carbons (Fsp3) is 0.250. The van der Waals surface area contributed by atoms with Crippen molar-refractivity contribution in [1.82, 2.24) is 9.97 Å². The summed E-state index contributed by atoms with van der Waals surface area (Å²) < 4.78 is 0. The van der Waals surface area contributed by atoms with Crippen LogP contribution in [-0.2, 0) is 12.8 Å². The predicted molar refractivity (Wildman–Crippen MR) is 63.7 cm³/mol. The molecule has 5 heteroatoms. The molecule has 2 aromatic rings. The summed E-state index contributed by atoms with van der Waals surface area (Å²) in [6.07, 6.45) is 5.83. The second kappa shape index (κ2) is 5.25. The van der Waals surface area contributed by atoms with Crippen LogP contribution in [0.4, 0.5) is 5.69 Å². The Kier molecular flexibility index (Phi) is 3.49. The second-order valence-electron chi connectivity index (χ2n) is 3.78. The number of rotatable bonds is 5. The molecule has 0 fully saturated rings. The summed E-state index contributed by atoms with van der Waals surface area (Å²) >= 11 is 0. The Morgan fingerprint density at radius 3 is 2.82 bits per heavy atom. The maximum absolute atomic E-state index is 10.8. The van der Waals surface area contributed by atoms with Crippen LogP contribution < -0.4 is 0 Å². The molecular formula is C12H13N3O2. The highest BCUT2D eigenvalue weighted by Gasteiger charge is 2.11. The molecule has 17 heavy (non-hydrogen) atoms. The van der Waals surface area contributed by atoms with Crippen LogP contribution in [-0.4, -0.2) is 14.9 Å². The number of imidazole rings is 1. The number of aryl methyl sites for hydroxylation is 2. The molecule has 0 saturated heterocycles. The fourth-order valence-corrected chi connectivity index (χ4v) is 1.78. The van der Waals surface area contributed by atoms with E-state index in [0.29, 0.717) is 6.42 Å². The minimum Gasteiger partial charge on any atom is -0.349 e. The summed E-state index contributed by atoms with van der Waals surface area (Å²) in [5, 5.41) is 10.8. The maximum Gasteiger partial charge on any atom is 0.272 e. The number of hydrogen-bond donors (Lipinski definition) is 1. The molecule has 5 nitrogen and oxygen atoms in total. The highest BCUT2D eigenvalue weighted by Crippen LogP contribution is 2.19. The molecule has 1 heterocycles. The number of nitrogens with one attached hydrogen (secondary N) is 1. The normalized spacial score (nSPS) is 10.4. The molecule has 0 aliphatic heterocycles. The van der Waals surface area contributed by atoms with Gasteiger partial charge in [0.1, 0.15) is 5.82 Å². The van der Waals surface area contributed by atoms with Crippen LogP contribution in [0.5, 0.6) is 0 Å². The summed E-state index contributed by atoms with van der Waals surface area (Å²) in [7, 11) is 0. The third kappa shape index (κ3) is 2.90. The van der Waals surface area contributed by atoms with Crippen molar-refractivity contribution < 1.29 is 4.92 Å². The van der Waals surface area contributed by atoms with Gasteiger partial charge in [-0.25, -0.2) is 4.98 Å². The zero-order valence-corrected chi connectivity index (χ0v) is 9.30. The summed E-state index contributed by atoms with van der Waals surface area (Å²) in [6, 6.07) is 6.87. The van der Waals surface area contributed by atoms with E-state index in [0.717, 1.165) is 24.2 Å². The van der Waals surface area contributed by atoms with Crippen LogP contribution in [0, 0.1) is 10.1 Å². The molecule has 0 amide bonds. The molecule has 0 aliphatic carbocycles. The molecule has 0 saturated carbocycles. The summed E-state index contributed by atoms with van der Waals surface area (Å²) in [5.74, 6) is 0.920. The Hall–Kier alpha value is -2.17. The third-order valence-electron chi connectivity index (χ3n) is 2.60. The number of para-hydroxylation sites is 1. The average molecular weight is 231 g/mol. The van der Waals surface area contributed by atoms with Crippen LogP contribution in [0.2, 0.25) is 0 Å². The van der Waals surface area contributed by atoms with Crippen molar-refractivity contribution in [2.45, 2.75) is 19.3 Å². The van der Waals surface area contributed by atoms with Gasteiger partial charge >= 0.3 is 0 Å². The lowest BCUT2D eigenvalue weighted by Gasteiger charge is -2.01. The zero-order valence-electron chi connectivity index (χ0n) is 9.30. The van der Waals surface area contributed by atoms with Gasteiger partial charge in [0.2, 0.25) is 0 Å². The fourth-order valence-electron chi connectivity index (χ4n) is 1.78. The number of benzene rings is 1. The molecule has 0 unspecified atom stereocenters. The van der Waals surface area contributed by atoms with Crippen LogP contribution in [0.1, 0.15) is 17.8 Å². The van der Waals surface area contributed by atoms with E-state index in [2.05, 4.69) is 9.97 Å². The molecule has 0 spiro atoms. The lowest BCUT2D eigenvalue weighted by molar-refractivity contribution is -0.385. The van der Waals surface area contributed by atoms with E-state index in [1.807, 2.05) is 6.07 Å². The molecule has 1 aromatic heterocycles. The molecule has 0 bridgehead atoms. The number of nitrogens with zero attached hydrogens (tertiary/aromatic N) is 2. The average Bonchev–Trinajstić information content (AvgIpc) is 2.82. The van der Waals surface area contributed by atoms with Gasteiger partial charge < -0.3 is 4.98 Å². The van der Waals surface area contributed by atoms with Crippen LogP contribution in [0.15, 0.2) is 36.7 Å². The minimum absolute atomic E-state index is 0.201. The van der Waals surface area contributed by atoms with Crippen molar-refractivity contribution in [3.05, 3.63) is 58.2 Å². The molecule has 0 radical (unpaired) electrons. The monoisotopic (exact) mass is 231 g/mol. The third-order valence-corrected chi connectivity index (χ3v) is 2.60. The van der Waals surface area contributed by atoms with Gasteiger partial charge in [-0.05, 0) is 12.8 Å². The predicted octanol–water partition coefficient (Wildman–Crippen LogP) is 2.49. The number of nitro benzene ring substituents is 1. The number of aromatic amines is 1. The van der Waals surface area contributed by atoms with E-state index in [1.165, 1.54) is 0 Å². The zero-order chi connectivity index (χ0) is 12.1. The lowest BCUT2D eigenvalue weighted by Crippen LogP contribution is -1.97. The Morgan fingerprint density at radius 2 is 2.12 bits per heavy atom. The lowest BCUT2D eigenvalue weighted by atomic mass is 10.1. The Morgan fingerprint density at radius 1 is 1.29 bits per heavy atom. The molecule has 0 aliphatic rings. The van der Waals surface area contributed by atoms with Gasteiger partial charge in [-0.1, -0.05) is 18.2 Å². The van der Waals surface area contributed by atoms with E-state index in [-0.39, 0.29) is 10.6 Å². The van der Waals surface area contributed by atoms with Gasteiger partial charge in [-0.15, -0.1) is 0 Å². The van der Waals surface area contributed by atoms with Gasteiger partial charge in [0.25, 0.3) is 5.69 Å². The van der Waals surface area contributed by atoms with Crippen LogP contribution >= 0.6 is 0 Å². The van der Waals surface area contributed by atoms with Gasteiger partial charge in [-0.3, -0.25) is 10.1 Å². The smallest absolute Gasteiger partial charge is 0.272 e. The molecule has 2 rings (SSSR count). The van der Waals surface area contributed by atoms with Gasteiger partial charge in [0.15, 0.2) is 0 Å². The first-order valence-electron chi connectivity index (χ1n) is 5.48. The van der Waals surface area contributed by atoms with Gasteiger partial charge in [0, 0.05) is 30.4 Å². The van der Waals surface area contributed by atoms with Crippen LogP contribution in [0.25, 0.3) is 0 Å². The Labute approximate surface area is 98.7 Å². The second-order valence-corrected chi connectivity index (χ2v) is 3.78. The first kappa shape index (κ1) is 11.3. The number of hydrogen-bond acceptors (Lipinski definition) is 3. The standard InChI is InChI=1S/C12H13N3O2/c16-15(17)11-6-2-1-4-10(11)5-3-7-12-13-8-9-14-12/h1-2,4,6,8-9H,3,5,7H2,(H,13,14). The van der Waals surface area contributed by atoms with Crippen LogP contribution in [0.3, 0.4) is 0 Å². The highest BCUT2D eigenvalue weighted by atomic mass is 16.6. The molecule has 1 N–H and O–H groups in total. The van der Waals surface area contributed by atoms with E-state index >= 15 is 0 Å². The van der Waals surface area contributed by atoms with Crippen molar-refractivity contribution in [2.75, 3.05) is 0 Å². The maximum atomic E-state index is 10.8. The van der Waals surface area contributed by atoms with Crippen molar-refractivity contribution in [2.24, 2.45) is 0 Å². The quantitative estimate of drug-likeness (QED) is 0.634. The number of nitro groups is 1. The first-order valence-corrected chi connectivity index (χ1v) is 5.48. The Balaban J connectivity index is 1.97. The summed E-state index contributed by atoms with van der Waals surface area (Å²) in [6.45, 7) is 0. The van der Waals surface area contributed by atoms with E-state index in [4.69, 9.17) is 0 Å². The van der Waals surface area contributed by atoms with Crippen molar-refractivity contribution in [3.8, 4) is 0 Å². The number of aromatic nitrogens is 2. The molecule has 1 aromatic carbocycles. The van der Waals surface area contributed by atoms with Crippen molar-refractivity contribution >= 4 is 5.69 Å². The summed E-state index contributed by atoms with van der Waals surface area (Å²) in [5.41, 5.74) is 0.982. The van der Waals surface area contributed by atoms with Crippen molar-refractivity contribution in [1.29, 1.82) is 0 Å². The molecule has 0 atom stereocenters. The van der Waals surface area contributed by atoms with Gasteiger partial charge in [-0.2, -0.15) is 0 Å².